The van der Waals surface area contributed by atoms with Crippen molar-refractivity contribution in [2.24, 2.45) is 5.92 Å². The highest BCUT2D eigenvalue weighted by molar-refractivity contribution is 6.01. The van der Waals surface area contributed by atoms with E-state index < -0.39 is 35.2 Å². The molecule has 2 aromatic carbocycles. The summed E-state index contributed by atoms with van der Waals surface area (Å²) in [6.45, 7) is 9.14. The molecule has 3 aliphatic heterocycles. The highest BCUT2D eigenvalue weighted by Gasteiger charge is 2.45. The number of hydrogen-bond donors (Lipinski definition) is 4. The molecule has 0 bridgehead atoms. The number of allylic oxidation sites excluding steroid dienone is 1. The third kappa shape index (κ3) is 8.89. The number of aromatic nitrogens is 5. The van der Waals surface area contributed by atoms with Gasteiger partial charge in [0.1, 0.15) is 22.8 Å². The van der Waals surface area contributed by atoms with Crippen molar-refractivity contribution in [2.45, 2.75) is 76.0 Å². The SMILES string of the molecule is C=CCn1c(=O)c2cnc(Nc3ccc(C4CCN(CC5CCN(c6ccc(NC7CCC(=O)NC7=O)cc6F)CC5)CC4(F)F)cc3)nc2n1-c1cccc(C(C)(C)O)n1. The molecule has 2 unspecified atom stereocenters. The maximum atomic E-state index is 15.8. The Morgan fingerprint density at radius 3 is 2.43 bits per heavy atom. The van der Waals surface area contributed by atoms with Crippen LogP contribution < -0.4 is 26.4 Å². The number of benzene rings is 2. The largest absolute Gasteiger partial charge is 0.384 e. The molecule has 14 nitrogen and oxygen atoms in total. The van der Waals surface area contributed by atoms with Gasteiger partial charge >= 0.3 is 0 Å². The number of anilines is 4. The van der Waals surface area contributed by atoms with Crippen molar-refractivity contribution < 1.29 is 27.9 Å². The molecule has 5 aromatic rings. The van der Waals surface area contributed by atoms with Gasteiger partial charge in [-0.1, -0.05) is 24.3 Å². The summed E-state index contributed by atoms with van der Waals surface area (Å²) < 4.78 is 49.9. The highest BCUT2D eigenvalue weighted by atomic mass is 19.3. The van der Waals surface area contributed by atoms with Crippen molar-refractivity contribution in [3.8, 4) is 5.82 Å². The number of nitrogens with zero attached hydrogens (tertiary/aromatic N) is 7. The first-order valence-electron chi connectivity index (χ1n) is 20.6. The van der Waals surface area contributed by atoms with E-state index in [-0.39, 0.29) is 48.2 Å². The van der Waals surface area contributed by atoms with Crippen molar-refractivity contribution in [1.82, 2.24) is 34.5 Å². The summed E-state index contributed by atoms with van der Waals surface area (Å²) >= 11 is 0. The van der Waals surface area contributed by atoms with Crippen LogP contribution in [0.5, 0.6) is 0 Å². The maximum absolute atomic E-state index is 15.8. The van der Waals surface area contributed by atoms with E-state index >= 15 is 13.2 Å². The van der Waals surface area contributed by atoms with E-state index in [4.69, 9.17) is 0 Å². The fourth-order valence-corrected chi connectivity index (χ4v) is 8.60. The molecule has 0 aliphatic carbocycles. The van der Waals surface area contributed by atoms with Gasteiger partial charge in [-0.05, 0) is 100 Å². The second-order valence-corrected chi connectivity index (χ2v) is 16.7. The number of halogens is 3. The van der Waals surface area contributed by atoms with E-state index in [0.717, 1.165) is 12.8 Å². The molecule has 8 rings (SSSR count). The lowest BCUT2D eigenvalue weighted by molar-refractivity contribution is -0.133. The summed E-state index contributed by atoms with van der Waals surface area (Å²) in [5.41, 5.74) is 1.18. The molecule has 3 saturated heterocycles. The smallest absolute Gasteiger partial charge is 0.278 e. The van der Waals surface area contributed by atoms with Crippen LogP contribution in [-0.2, 0) is 21.7 Å². The molecule has 0 saturated carbocycles. The van der Waals surface area contributed by atoms with Crippen LogP contribution in [-0.4, -0.2) is 90.8 Å². The average Bonchev–Trinajstić information content (AvgIpc) is 3.49. The Balaban J connectivity index is 0.871. The summed E-state index contributed by atoms with van der Waals surface area (Å²) in [4.78, 5) is 54.4. The number of imide groups is 1. The van der Waals surface area contributed by atoms with Crippen LogP contribution in [0, 0.1) is 11.7 Å². The number of rotatable bonds is 12. The fraction of sp³-hybridized carbons (Fsp3) is 0.409. The van der Waals surface area contributed by atoms with Gasteiger partial charge in [0, 0.05) is 43.6 Å². The van der Waals surface area contributed by atoms with Crippen molar-refractivity contribution in [3.05, 3.63) is 107 Å². The molecule has 6 heterocycles. The van der Waals surface area contributed by atoms with Gasteiger partial charge < -0.3 is 20.6 Å². The first-order chi connectivity index (χ1) is 29.2. The second kappa shape index (κ2) is 16.8. The van der Waals surface area contributed by atoms with E-state index in [0.29, 0.717) is 78.8 Å². The Kier molecular flexibility index (Phi) is 11.4. The van der Waals surface area contributed by atoms with Crippen LogP contribution in [0.4, 0.5) is 36.2 Å². The molecule has 2 amide bonds. The predicted molar refractivity (Wildman–Crippen MR) is 226 cm³/mol. The van der Waals surface area contributed by atoms with Crippen molar-refractivity contribution >= 4 is 45.9 Å². The lowest BCUT2D eigenvalue weighted by atomic mass is 9.85. The number of carbonyl (C=O) groups excluding carboxylic acids is 2. The number of likely N-dealkylation sites (tertiary alicyclic amines) is 1. The van der Waals surface area contributed by atoms with Crippen LogP contribution in [0.1, 0.15) is 63.1 Å². The summed E-state index contributed by atoms with van der Waals surface area (Å²) in [7, 11) is 0. The van der Waals surface area contributed by atoms with Gasteiger partial charge in [-0.15, -0.1) is 6.58 Å². The van der Waals surface area contributed by atoms with Gasteiger partial charge in [0.2, 0.25) is 17.8 Å². The van der Waals surface area contributed by atoms with Crippen LogP contribution >= 0.6 is 0 Å². The minimum absolute atomic E-state index is 0.173. The molecule has 320 valence electrons. The zero-order chi connectivity index (χ0) is 43.1. The number of hydrogen-bond acceptors (Lipinski definition) is 11. The van der Waals surface area contributed by atoms with Crippen molar-refractivity contribution in [2.75, 3.05) is 48.3 Å². The van der Waals surface area contributed by atoms with E-state index in [1.165, 1.54) is 16.9 Å². The van der Waals surface area contributed by atoms with Crippen LogP contribution in [0.2, 0.25) is 0 Å². The van der Waals surface area contributed by atoms with Gasteiger partial charge in [-0.3, -0.25) is 24.6 Å². The number of alkyl halides is 2. The molecule has 17 heteroatoms. The molecule has 0 spiro atoms. The minimum Gasteiger partial charge on any atom is -0.384 e. The number of amides is 2. The molecular weight excluding hydrogens is 790 g/mol. The van der Waals surface area contributed by atoms with Gasteiger partial charge in [0.25, 0.3) is 11.5 Å². The zero-order valence-corrected chi connectivity index (χ0v) is 34.1. The molecule has 4 N–H and O–H groups in total. The number of carbonyl (C=O) groups is 2. The third-order valence-corrected chi connectivity index (χ3v) is 11.8. The second-order valence-electron chi connectivity index (χ2n) is 16.7. The average molecular weight is 839 g/mol. The molecule has 0 radical (unpaired) electrons. The molecule has 3 aromatic heterocycles. The number of nitrogens with one attached hydrogen (secondary N) is 3. The van der Waals surface area contributed by atoms with Crippen molar-refractivity contribution in [1.29, 1.82) is 0 Å². The Morgan fingerprint density at radius 1 is 0.984 bits per heavy atom. The molecule has 61 heavy (non-hydrogen) atoms. The zero-order valence-electron chi connectivity index (χ0n) is 34.1. The van der Waals surface area contributed by atoms with Crippen LogP contribution in [0.25, 0.3) is 16.9 Å². The lowest BCUT2D eigenvalue weighted by Crippen LogP contribution is -2.49. The lowest BCUT2D eigenvalue weighted by Gasteiger charge is -2.41. The summed E-state index contributed by atoms with van der Waals surface area (Å²) in [6, 6.07) is 16.2. The predicted octanol–water partition coefficient (Wildman–Crippen LogP) is 5.83. The van der Waals surface area contributed by atoms with Crippen molar-refractivity contribution in [3.63, 3.8) is 0 Å². The minimum atomic E-state index is -2.95. The number of fused-ring (bicyclic) bond motifs is 1. The molecule has 3 fully saturated rings. The normalized spacial score (nSPS) is 20.1. The van der Waals surface area contributed by atoms with Gasteiger partial charge in [-0.25, -0.2) is 32.5 Å². The fourth-order valence-electron chi connectivity index (χ4n) is 8.60. The number of piperidine rings is 3. The molecule has 3 aliphatic rings. The van der Waals surface area contributed by atoms with Crippen LogP contribution in [0.15, 0.2) is 84.3 Å². The van der Waals surface area contributed by atoms with E-state index in [2.05, 4.69) is 37.5 Å². The van der Waals surface area contributed by atoms with E-state index in [1.54, 1.807) is 79.2 Å². The highest BCUT2D eigenvalue weighted by Crippen LogP contribution is 2.41. The monoisotopic (exact) mass is 838 g/mol. The first kappa shape index (κ1) is 41.7. The summed E-state index contributed by atoms with van der Waals surface area (Å²) in [6.07, 6.45) is 5.37. The van der Waals surface area contributed by atoms with Gasteiger partial charge in [-0.2, -0.15) is 4.98 Å². The Labute approximate surface area is 350 Å². The topological polar surface area (TPSA) is 163 Å². The Morgan fingerprint density at radius 2 is 1.74 bits per heavy atom. The first-order valence-corrected chi connectivity index (χ1v) is 20.6. The molecular formula is C44H49F3N10O4. The molecule has 2 atom stereocenters. The Bertz CT molecular complexity index is 2510. The number of pyridine rings is 1. The summed E-state index contributed by atoms with van der Waals surface area (Å²) in [5.74, 6) is -4.28. The van der Waals surface area contributed by atoms with E-state index in [9.17, 15) is 19.5 Å². The van der Waals surface area contributed by atoms with Gasteiger partial charge in [0.05, 0.1) is 30.4 Å². The standard InChI is InChI=1S/C44H49F3N10O4/c1-4-19-56-41(60)31-24-48-42(53-39(31)57(56)37-7-5-6-36(51-37)43(2,3)61)50-29-10-8-28(9-11-29)32-18-20-54(26-44(32,46)47)25-27-16-21-55(22-17-27)35-14-12-30(23-33(35)45)49-34-13-15-38(58)52-40(34)59/h4-12,14,23-24,27,32,34,49,61H,1,13,15-22,25-26H2,2-3H3,(H,48,50,53)(H,52,58,59). The Hall–Kier alpha value is -6.07. The van der Waals surface area contributed by atoms with Gasteiger partial charge in [0.15, 0.2) is 11.5 Å². The number of aliphatic hydroxyl groups is 1. The third-order valence-electron chi connectivity index (χ3n) is 11.8. The maximum Gasteiger partial charge on any atom is 0.278 e. The quantitative estimate of drug-likeness (QED) is 0.0884. The van der Waals surface area contributed by atoms with E-state index in [1.807, 2.05) is 9.80 Å². The van der Waals surface area contributed by atoms with Crippen LogP contribution in [0.3, 0.4) is 0 Å². The summed E-state index contributed by atoms with van der Waals surface area (Å²) in [5, 5.41) is 19.3.